The summed E-state index contributed by atoms with van der Waals surface area (Å²) in [7, 11) is 0. The summed E-state index contributed by atoms with van der Waals surface area (Å²) in [5.41, 5.74) is 7.66. The van der Waals surface area contributed by atoms with Crippen LogP contribution in [0.2, 0.25) is 5.02 Å². The van der Waals surface area contributed by atoms with Crippen LogP contribution in [0.15, 0.2) is 48.7 Å². The molecule has 0 atom stereocenters. The standard InChI is InChI=1S/C35H45ClN8O4/c1-22(2)21-44-14-12-43(13-15-44)11-6-16-47-30-19-28-24(18-25(30)33(37)45)29(9-10-38-28)48-23-7-8-27(26(36)17-23)39-34(46)40-32-20-31(41-42-32)35(3,4)5/h7-10,17-20,22H,6,11-16,21H2,1-5H3,(H2,37,45)(H3,39,40,41,42,46). The maximum atomic E-state index is 12.6. The third kappa shape index (κ3) is 9.15. The molecule has 1 saturated heterocycles. The van der Waals surface area contributed by atoms with Crippen LogP contribution in [-0.2, 0) is 5.41 Å². The quantitative estimate of drug-likeness (QED) is 0.124. The molecule has 0 aliphatic carbocycles. The van der Waals surface area contributed by atoms with Gasteiger partial charge < -0.3 is 30.3 Å². The topological polar surface area (TPSA) is 151 Å². The van der Waals surface area contributed by atoms with E-state index < -0.39 is 11.9 Å². The number of nitrogens with zero attached hydrogens (tertiary/aromatic N) is 4. The fourth-order valence-electron chi connectivity index (χ4n) is 5.56. The Hall–Kier alpha value is -4.39. The molecule has 0 radical (unpaired) electrons. The van der Waals surface area contributed by atoms with Gasteiger partial charge in [-0.15, -0.1) is 0 Å². The van der Waals surface area contributed by atoms with E-state index in [1.165, 1.54) is 0 Å². The Kier molecular flexibility index (Phi) is 11.1. The van der Waals surface area contributed by atoms with Gasteiger partial charge in [-0.1, -0.05) is 46.2 Å². The van der Waals surface area contributed by atoms with E-state index in [-0.39, 0.29) is 16.0 Å². The van der Waals surface area contributed by atoms with E-state index in [2.05, 4.69) is 49.5 Å². The Morgan fingerprint density at radius 1 is 1.02 bits per heavy atom. The van der Waals surface area contributed by atoms with Crippen molar-refractivity contribution < 1.29 is 19.1 Å². The van der Waals surface area contributed by atoms with Crippen molar-refractivity contribution in [3.05, 3.63) is 64.9 Å². The number of carbonyl (C=O) groups excluding carboxylic acids is 2. The van der Waals surface area contributed by atoms with Gasteiger partial charge in [-0.2, -0.15) is 5.10 Å². The first-order valence-corrected chi connectivity index (χ1v) is 16.6. The second-order valence-corrected chi connectivity index (χ2v) is 13.9. The highest BCUT2D eigenvalue weighted by Crippen LogP contribution is 2.35. The van der Waals surface area contributed by atoms with Gasteiger partial charge in [0, 0.05) is 74.5 Å². The lowest BCUT2D eigenvalue weighted by atomic mass is 9.92. The zero-order chi connectivity index (χ0) is 34.4. The Morgan fingerprint density at radius 2 is 1.77 bits per heavy atom. The van der Waals surface area contributed by atoms with Crippen molar-refractivity contribution in [1.82, 2.24) is 25.0 Å². The number of nitrogens with two attached hydrogens (primary N) is 1. The molecule has 3 heterocycles. The summed E-state index contributed by atoms with van der Waals surface area (Å²) < 4.78 is 12.2. The molecule has 0 unspecified atom stereocenters. The average molecular weight is 677 g/mol. The van der Waals surface area contributed by atoms with Crippen molar-refractivity contribution in [3.8, 4) is 17.2 Å². The number of carbonyl (C=O) groups is 2. The van der Waals surface area contributed by atoms with E-state index in [0.29, 0.717) is 52.2 Å². The molecule has 2 aromatic heterocycles. The van der Waals surface area contributed by atoms with Crippen molar-refractivity contribution in [2.45, 2.75) is 46.5 Å². The number of rotatable bonds is 12. The van der Waals surface area contributed by atoms with Gasteiger partial charge >= 0.3 is 6.03 Å². The summed E-state index contributed by atoms with van der Waals surface area (Å²) in [4.78, 5) is 34.5. The minimum Gasteiger partial charge on any atom is -0.493 e. The van der Waals surface area contributed by atoms with Crippen LogP contribution in [0.25, 0.3) is 10.9 Å². The second kappa shape index (κ2) is 15.2. The molecular weight excluding hydrogens is 632 g/mol. The molecule has 2 aromatic carbocycles. The second-order valence-electron chi connectivity index (χ2n) is 13.5. The molecule has 12 nitrogen and oxygen atoms in total. The molecule has 5 N–H and O–H groups in total. The molecule has 13 heteroatoms. The lowest BCUT2D eigenvalue weighted by Gasteiger charge is -2.35. The van der Waals surface area contributed by atoms with Crippen LogP contribution in [0, 0.1) is 5.92 Å². The van der Waals surface area contributed by atoms with Crippen molar-refractivity contribution >= 4 is 45.9 Å². The Bertz CT molecular complexity index is 1740. The number of primary amides is 1. The van der Waals surface area contributed by atoms with Crippen LogP contribution >= 0.6 is 11.6 Å². The van der Waals surface area contributed by atoms with Crippen LogP contribution in [0.4, 0.5) is 16.3 Å². The number of H-pyrrole nitrogens is 1. The number of fused-ring (bicyclic) bond motifs is 1. The lowest BCUT2D eigenvalue weighted by molar-refractivity contribution is 0.0995. The zero-order valence-electron chi connectivity index (χ0n) is 28.2. The summed E-state index contributed by atoms with van der Waals surface area (Å²) >= 11 is 6.51. The number of aromatic nitrogens is 3. The van der Waals surface area contributed by atoms with Gasteiger partial charge in [-0.25, -0.2) is 4.79 Å². The molecule has 0 bridgehead atoms. The van der Waals surface area contributed by atoms with Crippen LogP contribution in [0.3, 0.4) is 0 Å². The number of anilines is 2. The summed E-state index contributed by atoms with van der Waals surface area (Å²) in [6.45, 7) is 17.4. The Labute approximate surface area is 286 Å². The fourth-order valence-corrected chi connectivity index (χ4v) is 5.78. The first-order chi connectivity index (χ1) is 22.9. The number of ether oxygens (including phenoxy) is 2. The van der Waals surface area contributed by atoms with E-state index >= 15 is 0 Å². The first-order valence-electron chi connectivity index (χ1n) is 16.3. The molecule has 5 rings (SSSR count). The van der Waals surface area contributed by atoms with Crippen molar-refractivity contribution in [2.75, 3.05) is 56.5 Å². The number of hydrogen-bond donors (Lipinski definition) is 4. The number of pyridine rings is 1. The van der Waals surface area contributed by atoms with E-state index in [9.17, 15) is 9.59 Å². The largest absolute Gasteiger partial charge is 0.493 e. The monoisotopic (exact) mass is 676 g/mol. The number of amides is 3. The molecule has 48 heavy (non-hydrogen) atoms. The van der Waals surface area contributed by atoms with E-state index in [4.69, 9.17) is 26.8 Å². The number of urea groups is 1. The molecule has 256 valence electrons. The van der Waals surface area contributed by atoms with Crippen LogP contribution in [-0.4, -0.2) is 82.8 Å². The molecule has 1 aliphatic heterocycles. The van der Waals surface area contributed by atoms with E-state index in [0.717, 1.165) is 51.4 Å². The summed E-state index contributed by atoms with van der Waals surface area (Å²) in [6, 6.07) is 11.3. The maximum Gasteiger partial charge on any atom is 0.324 e. The number of hydrogen-bond acceptors (Lipinski definition) is 8. The highest BCUT2D eigenvalue weighted by Gasteiger charge is 2.20. The van der Waals surface area contributed by atoms with Crippen molar-refractivity contribution in [3.63, 3.8) is 0 Å². The molecule has 1 fully saturated rings. The molecule has 1 aliphatic rings. The summed E-state index contributed by atoms with van der Waals surface area (Å²) in [5, 5.41) is 13.4. The minimum absolute atomic E-state index is 0.160. The molecule has 4 aromatic rings. The van der Waals surface area contributed by atoms with Gasteiger partial charge in [-0.05, 0) is 36.6 Å². The number of nitrogens with one attached hydrogen (secondary N) is 3. The van der Waals surface area contributed by atoms with Gasteiger partial charge in [0.25, 0.3) is 5.91 Å². The lowest BCUT2D eigenvalue weighted by Crippen LogP contribution is -2.47. The number of piperazine rings is 1. The van der Waals surface area contributed by atoms with Crippen LogP contribution < -0.4 is 25.8 Å². The number of benzene rings is 2. The van der Waals surface area contributed by atoms with Crippen LogP contribution in [0.5, 0.6) is 17.2 Å². The molecule has 3 amide bonds. The van der Waals surface area contributed by atoms with Gasteiger partial charge in [-0.3, -0.25) is 20.2 Å². The average Bonchev–Trinajstić information content (AvgIpc) is 3.50. The van der Waals surface area contributed by atoms with Crippen molar-refractivity contribution in [2.24, 2.45) is 11.7 Å². The predicted octanol–water partition coefficient (Wildman–Crippen LogP) is 6.49. The molecule has 0 saturated carbocycles. The minimum atomic E-state index is -0.607. The van der Waals surface area contributed by atoms with E-state index in [1.54, 1.807) is 48.7 Å². The summed E-state index contributed by atoms with van der Waals surface area (Å²) in [6.07, 6.45) is 2.44. The van der Waals surface area contributed by atoms with Gasteiger partial charge in [0.2, 0.25) is 0 Å². The fraction of sp³-hybridized carbons (Fsp3) is 0.429. The maximum absolute atomic E-state index is 12.6. The SMILES string of the molecule is CC(C)CN1CCN(CCCOc2cc3nccc(Oc4ccc(NC(=O)Nc5cc(C(C)(C)C)n[nH]5)c(Cl)c4)c3cc2C(N)=O)CC1. The van der Waals surface area contributed by atoms with Crippen LogP contribution in [0.1, 0.15) is 57.1 Å². The van der Waals surface area contributed by atoms with Gasteiger partial charge in [0.05, 0.1) is 34.1 Å². The normalized spacial score (nSPS) is 14.3. The number of aromatic amines is 1. The third-order valence-electron chi connectivity index (χ3n) is 8.04. The Balaban J connectivity index is 1.20. The van der Waals surface area contributed by atoms with Crippen molar-refractivity contribution in [1.29, 1.82) is 0 Å². The summed E-state index contributed by atoms with van der Waals surface area (Å²) in [5.74, 6) is 1.80. The molecular formula is C35H45ClN8O4. The first kappa shape index (κ1) is 34.9. The molecule has 0 spiro atoms. The van der Waals surface area contributed by atoms with Gasteiger partial charge in [0.15, 0.2) is 0 Å². The predicted molar refractivity (Wildman–Crippen MR) is 190 cm³/mol. The van der Waals surface area contributed by atoms with E-state index in [1.807, 2.05) is 20.8 Å². The Morgan fingerprint density at radius 3 is 2.44 bits per heavy atom. The third-order valence-corrected chi connectivity index (χ3v) is 8.36. The number of halogens is 1. The highest BCUT2D eigenvalue weighted by atomic mass is 35.5. The zero-order valence-corrected chi connectivity index (χ0v) is 29.0. The smallest absolute Gasteiger partial charge is 0.324 e. The highest BCUT2D eigenvalue weighted by molar-refractivity contribution is 6.34. The van der Waals surface area contributed by atoms with Gasteiger partial charge in [0.1, 0.15) is 23.1 Å².